The van der Waals surface area contributed by atoms with Crippen molar-refractivity contribution in [1.29, 1.82) is 0 Å². The van der Waals surface area contributed by atoms with E-state index >= 15 is 0 Å². The first-order chi connectivity index (χ1) is 15.1. The maximum absolute atomic E-state index is 14.6. The Bertz CT molecular complexity index is 1080. The number of anilines is 1. The molecule has 1 N–H and O–H groups in total. The Kier molecular flexibility index (Phi) is 5.77. The number of aromatic nitrogens is 3. The lowest BCUT2D eigenvalue weighted by Gasteiger charge is -2.36. The van der Waals surface area contributed by atoms with Crippen LogP contribution in [0.15, 0.2) is 22.7 Å². The van der Waals surface area contributed by atoms with Gasteiger partial charge >= 0.3 is 0 Å². The van der Waals surface area contributed by atoms with Crippen LogP contribution in [-0.4, -0.2) is 53.5 Å². The van der Waals surface area contributed by atoms with Crippen molar-refractivity contribution in [3.63, 3.8) is 0 Å². The Balaban J connectivity index is 1.43. The zero-order valence-corrected chi connectivity index (χ0v) is 18.2. The normalized spacial score (nSPS) is 20.5. The van der Waals surface area contributed by atoms with E-state index in [9.17, 15) is 4.39 Å². The van der Waals surface area contributed by atoms with Gasteiger partial charge in [-0.2, -0.15) is 4.98 Å². The second-order valence-corrected chi connectivity index (χ2v) is 8.74. The van der Waals surface area contributed by atoms with Crippen molar-refractivity contribution >= 4 is 28.3 Å². The molecule has 0 unspecified atom stereocenters. The molecular weight excluding hydrogens is 421 g/mol. The van der Waals surface area contributed by atoms with Crippen molar-refractivity contribution in [1.82, 2.24) is 20.4 Å². The molecule has 0 amide bonds. The molecule has 3 aromatic rings. The number of pyridine rings is 1. The van der Waals surface area contributed by atoms with Gasteiger partial charge in [0.1, 0.15) is 11.3 Å². The summed E-state index contributed by atoms with van der Waals surface area (Å²) >= 11 is 6.07. The summed E-state index contributed by atoms with van der Waals surface area (Å²) in [7, 11) is 0. The van der Waals surface area contributed by atoms with Gasteiger partial charge in [0, 0.05) is 42.2 Å². The average Bonchev–Trinajstić information content (AvgIpc) is 3.20. The molecule has 4 heterocycles. The van der Waals surface area contributed by atoms with E-state index in [0.717, 1.165) is 52.0 Å². The number of benzene rings is 1. The Morgan fingerprint density at radius 3 is 2.68 bits per heavy atom. The summed E-state index contributed by atoms with van der Waals surface area (Å²) in [6.07, 6.45) is 4.22. The average molecular weight is 446 g/mol. The number of nitrogens with zero attached hydrogens (tertiary/aromatic N) is 4. The summed E-state index contributed by atoms with van der Waals surface area (Å²) in [5.41, 5.74) is 0.987. The molecule has 5 rings (SSSR count). The van der Waals surface area contributed by atoms with Gasteiger partial charge in [-0.3, -0.25) is 0 Å². The van der Waals surface area contributed by atoms with E-state index in [2.05, 4.69) is 25.3 Å². The van der Waals surface area contributed by atoms with Crippen LogP contribution >= 0.6 is 11.6 Å². The number of hydrogen-bond donors (Lipinski definition) is 1. The lowest BCUT2D eigenvalue weighted by Crippen LogP contribution is -2.48. The van der Waals surface area contributed by atoms with Crippen molar-refractivity contribution in [2.75, 3.05) is 31.2 Å². The van der Waals surface area contributed by atoms with Gasteiger partial charge in [0.25, 0.3) is 5.89 Å². The number of piperidine rings is 1. The van der Waals surface area contributed by atoms with E-state index in [1.54, 1.807) is 13.0 Å². The number of halogens is 2. The highest BCUT2D eigenvalue weighted by atomic mass is 35.5. The zero-order chi connectivity index (χ0) is 21.4. The molecule has 1 atom stereocenters. The first-order valence-electron chi connectivity index (χ1n) is 10.8. The van der Waals surface area contributed by atoms with Gasteiger partial charge in [0.05, 0.1) is 12.2 Å². The molecule has 0 aliphatic carbocycles. The van der Waals surface area contributed by atoms with Crippen LogP contribution in [0.2, 0.25) is 5.02 Å². The molecule has 31 heavy (non-hydrogen) atoms. The van der Waals surface area contributed by atoms with Gasteiger partial charge in [-0.1, -0.05) is 16.8 Å². The maximum atomic E-state index is 14.6. The predicted octanol–water partition coefficient (Wildman–Crippen LogP) is 4.12. The van der Waals surface area contributed by atoms with Gasteiger partial charge in [0.15, 0.2) is 11.6 Å². The summed E-state index contributed by atoms with van der Waals surface area (Å²) in [5, 5.41) is 8.58. The van der Waals surface area contributed by atoms with Crippen LogP contribution in [0.1, 0.15) is 31.5 Å². The zero-order valence-electron chi connectivity index (χ0n) is 17.4. The smallest absolute Gasteiger partial charge is 0.261 e. The molecular formula is C22H25ClFN5O2. The summed E-state index contributed by atoms with van der Waals surface area (Å²) in [6.45, 7) is 5.03. The highest BCUT2D eigenvalue weighted by Crippen LogP contribution is 2.35. The molecule has 0 spiro atoms. The fourth-order valence-corrected chi connectivity index (χ4v) is 4.68. The standard InChI is InChI=1S/C22H25ClFN5O2/c1-13-25-22(31-28-13)18-10-14-9-15(23)11-19(24)20(14)27-21(18)29-6-4-16(5-7-29)26-17-3-2-8-30-12-17/h9-11,16-17,26H,2-8,12H2,1H3/t17-/m1/s1. The van der Waals surface area contributed by atoms with E-state index in [-0.39, 0.29) is 0 Å². The van der Waals surface area contributed by atoms with Gasteiger partial charge in [0.2, 0.25) is 0 Å². The van der Waals surface area contributed by atoms with Crippen molar-refractivity contribution < 1.29 is 13.7 Å². The van der Waals surface area contributed by atoms with Gasteiger partial charge < -0.3 is 19.5 Å². The van der Waals surface area contributed by atoms with Crippen molar-refractivity contribution in [3.05, 3.63) is 34.9 Å². The lowest BCUT2D eigenvalue weighted by atomic mass is 10.0. The molecule has 0 bridgehead atoms. The second-order valence-electron chi connectivity index (χ2n) is 8.31. The number of rotatable bonds is 4. The van der Waals surface area contributed by atoms with Crippen LogP contribution in [0.3, 0.4) is 0 Å². The molecule has 0 saturated carbocycles. The largest absolute Gasteiger partial charge is 0.380 e. The van der Waals surface area contributed by atoms with Crippen LogP contribution in [0, 0.1) is 12.7 Å². The number of hydrogen-bond acceptors (Lipinski definition) is 7. The molecule has 2 saturated heterocycles. The van der Waals surface area contributed by atoms with E-state index in [0.29, 0.717) is 51.1 Å². The van der Waals surface area contributed by atoms with E-state index < -0.39 is 5.82 Å². The SMILES string of the molecule is Cc1noc(-c2cc3cc(Cl)cc(F)c3nc2N2CCC(N[C@@H]3CCCOC3)CC2)n1. The first kappa shape index (κ1) is 20.6. The summed E-state index contributed by atoms with van der Waals surface area (Å²) in [4.78, 5) is 11.3. The van der Waals surface area contributed by atoms with Crippen LogP contribution in [0.4, 0.5) is 10.2 Å². The molecule has 0 radical (unpaired) electrons. The Morgan fingerprint density at radius 2 is 1.97 bits per heavy atom. The van der Waals surface area contributed by atoms with Crippen molar-refractivity contribution in [3.8, 4) is 11.5 Å². The molecule has 9 heteroatoms. The number of ether oxygens (including phenoxy) is 1. The molecule has 1 aromatic carbocycles. The number of fused-ring (bicyclic) bond motifs is 1. The summed E-state index contributed by atoms with van der Waals surface area (Å²) < 4.78 is 25.6. The van der Waals surface area contributed by atoms with E-state index in [1.807, 2.05) is 6.07 Å². The maximum Gasteiger partial charge on any atom is 0.261 e. The lowest BCUT2D eigenvalue weighted by molar-refractivity contribution is 0.0650. The topological polar surface area (TPSA) is 76.3 Å². The predicted molar refractivity (Wildman–Crippen MR) is 117 cm³/mol. The molecule has 2 aliphatic rings. The Morgan fingerprint density at radius 1 is 1.13 bits per heavy atom. The van der Waals surface area contributed by atoms with E-state index in [1.165, 1.54) is 6.07 Å². The van der Waals surface area contributed by atoms with Crippen LogP contribution in [-0.2, 0) is 4.74 Å². The number of nitrogens with one attached hydrogen (secondary N) is 1. The minimum Gasteiger partial charge on any atom is -0.380 e. The molecule has 2 fully saturated rings. The Labute approximate surface area is 184 Å². The minimum absolute atomic E-state index is 0.291. The fourth-order valence-electron chi connectivity index (χ4n) is 4.47. The van der Waals surface area contributed by atoms with Gasteiger partial charge in [-0.15, -0.1) is 0 Å². The quantitative estimate of drug-likeness (QED) is 0.647. The van der Waals surface area contributed by atoms with Crippen LogP contribution in [0.5, 0.6) is 0 Å². The van der Waals surface area contributed by atoms with Crippen LogP contribution < -0.4 is 10.2 Å². The van der Waals surface area contributed by atoms with E-state index in [4.69, 9.17) is 20.9 Å². The van der Waals surface area contributed by atoms with Crippen LogP contribution in [0.25, 0.3) is 22.4 Å². The highest BCUT2D eigenvalue weighted by molar-refractivity contribution is 6.31. The molecule has 2 aromatic heterocycles. The molecule has 2 aliphatic heterocycles. The van der Waals surface area contributed by atoms with Gasteiger partial charge in [-0.25, -0.2) is 9.37 Å². The Hall–Kier alpha value is -2.29. The monoisotopic (exact) mass is 445 g/mol. The van der Waals surface area contributed by atoms with Crippen molar-refractivity contribution in [2.45, 2.75) is 44.7 Å². The second kappa shape index (κ2) is 8.68. The first-order valence-corrected chi connectivity index (χ1v) is 11.1. The fraction of sp³-hybridized carbons (Fsp3) is 0.500. The highest BCUT2D eigenvalue weighted by Gasteiger charge is 2.27. The molecule has 7 nitrogen and oxygen atoms in total. The summed E-state index contributed by atoms with van der Waals surface area (Å²) in [6, 6.07) is 5.70. The van der Waals surface area contributed by atoms with Gasteiger partial charge in [-0.05, 0) is 50.8 Å². The van der Waals surface area contributed by atoms with Crippen molar-refractivity contribution in [2.24, 2.45) is 0 Å². The minimum atomic E-state index is -0.439. The third-order valence-corrected chi connectivity index (χ3v) is 6.22. The third-order valence-electron chi connectivity index (χ3n) is 6.00. The molecule has 164 valence electrons. The number of aryl methyl sites for hydroxylation is 1. The third kappa shape index (κ3) is 4.37. The summed E-state index contributed by atoms with van der Waals surface area (Å²) in [5.74, 6) is 1.14.